The van der Waals surface area contributed by atoms with Crippen LogP contribution in [0.5, 0.6) is 17.2 Å². The molecule has 0 aliphatic heterocycles. The molecule has 0 unspecified atom stereocenters. The number of benzene rings is 2. The summed E-state index contributed by atoms with van der Waals surface area (Å²) in [5.41, 5.74) is 8.01. The van der Waals surface area contributed by atoms with Crippen molar-refractivity contribution in [3.63, 3.8) is 0 Å². The summed E-state index contributed by atoms with van der Waals surface area (Å²) in [5.74, 6) is 0.519. The molecule has 5 nitrogen and oxygen atoms in total. The van der Waals surface area contributed by atoms with E-state index in [0.717, 1.165) is 16.7 Å². The van der Waals surface area contributed by atoms with Gasteiger partial charge in [-0.2, -0.15) is 0 Å². The Hall–Kier alpha value is -2.53. The number of aryl methyl sites for hydroxylation is 2. The van der Waals surface area contributed by atoms with Gasteiger partial charge < -0.3 is 20.7 Å². The number of aliphatic carboxylic acids is 1. The Morgan fingerprint density at radius 2 is 1.91 bits per heavy atom. The van der Waals surface area contributed by atoms with Gasteiger partial charge >= 0.3 is 5.97 Å². The maximum Gasteiger partial charge on any atom is 0.320 e. The van der Waals surface area contributed by atoms with Crippen LogP contribution in [0, 0.1) is 13.8 Å². The van der Waals surface area contributed by atoms with E-state index in [0.29, 0.717) is 11.5 Å². The van der Waals surface area contributed by atoms with Crippen LogP contribution in [0.4, 0.5) is 0 Å². The molecule has 22 heavy (non-hydrogen) atoms. The topological polar surface area (TPSA) is 92.8 Å². The summed E-state index contributed by atoms with van der Waals surface area (Å²) < 4.78 is 5.79. The molecule has 0 radical (unpaired) electrons. The van der Waals surface area contributed by atoms with Gasteiger partial charge in [0.2, 0.25) is 0 Å². The fourth-order valence-electron chi connectivity index (χ4n) is 2.11. The van der Waals surface area contributed by atoms with Gasteiger partial charge in [-0.05, 0) is 61.2 Å². The molecule has 116 valence electrons. The van der Waals surface area contributed by atoms with Crippen molar-refractivity contribution in [1.29, 1.82) is 0 Å². The zero-order valence-electron chi connectivity index (χ0n) is 12.5. The third-order valence-corrected chi connectivity index (χ3v) is 3.41. The Balaban J connectivity index is 2.15. The fraction of sp³-hybridized carbons (Fsp3) is 0.235. The minimum atomic E-state index is -1.02. The molecular formula is C17H19NO4. The summed E-state index contributed by atoms with van der Waals surface area (Å²) in [6, 6.07) is 9.58. The van der Waals surface area contributed by atoms with Gasteiger partial charge in [0.05, 0.1) is 0 Å². The molecule has 4 N–H and O–H groups in total. The quantitative estimate of drug-likeness (QED) is 0.789. The summed E-state index contributed by atoms with van der Waals surface area (Å²) in [4.78, 5) is 10.8. The van der Waals surface area contributed by atoms with Crippen molar-refractivity contribution < 1.29 is 19.7 Å². The molecule has 0 aliphatic rings. The van der Waals surface area contributed by atoms with Crippen LogP contribution in [0.15, 0.2) is 36.4 Å². The molecule has 0 saturated carbocycles. The van der Waals surface area contributed by atoms with E-state index in [1.165, 1.54) is 0 Å². The monoisotopic (exact) mass is 301 g/mol. The van der Waals surface area contributed by atoms with Crippen molar-refractivity contribution >= 4 is 5.97 Å². The standard InChI is InChI=1S/C17H19NO4/c1-10-8-13(4-5-15(10)19)22-16-6-3-12(7-11(16)2)9-14(18)17(20)21/h3-8,14,19H,9,18H2,1-2H3,(H,20,21)/t14-/m1/s1. The van der Waals surface area contributed by atoms with Crippen LogP contribution in [0.3, 0.4) is 0 Å². The molecule has 0 saturated heterocycles. The highest BCUT2D eigenvalue weighted by Crippen LogP contribution is 2.29. The second kappa shape index (κ2) is 6.49. The number of phenolic OH excluding ortho intramolecular Hbond substituents is 1. The highest BCUT2D eigenvalue weighted by Gasteiger charge is 2.13. The highest BCUT2D eigenvalue weighted by molar-refractivity contribution is 5.73. The first-order valence-corrected chi connectivity index (χ1v) is 6.92. The van der Waals surface area contributed by atoms with Crippen molar-refractivity contribution in [2.24, 2.45) is 5.73 Å². The van der Waals surface area contributed by atoms with Gasteiger partial charge in [-0.15, -0.1) is 0 Å². The Morgan fingerprint density at radius 1 is 1.18 bits per heavy atom. The fourth-order valence-corrected chi connectivity index (χ4v) is 2.11. The number of ether oxygens (including phenoxy) is 1. The smallest absolute Gasteiger partial charge is 0.320 e. The molecule has 0 bridgehead atoms. The van der Waals surface area contributed by atoms with Crippen molar-refractivity contribution in [2.45, 2.75) is 26.3 Å². The number of aromatic hydroxyl groups is 1. The number of rotatable bonds is 5. The molecular weight excluding hydrogens is 282 g/mol. The minimum absolute atomic E-state index is 0.224. The Labute approximate surface area is 129 Å². The summed E-state index contributed by atoms with van der Waals surface area (Å²) >= 11 is 0. The van der Waals surface area contributed by atoms with Crippen LogP contribution in [-0.2, 0) is 11.2 Å². The molecule has 0 fully saturated rings. The molecule has 1 atom stereocenters. The normalized spacial score (nSPS) is 12.0. The van der Waals surface area contributed by atoms with E-state index in [4.69, 9.17) is 15.6 Å². The number of nitrogens with two attached hydrogens (primary N) is 1. The maximum atomic E-state index is 10.8. The molecule has 0 spiro atoms. The lowest BCUT2D eigenvalue weighted by Crippen LogP contribution is -2.32. The highest BCUT2D eigenvalue weighted by atomic mass is 16.5. The number of hydrogen-bond acceptors (Lipinski definition) is 4. The second-order valence-corrected chi connectivity index (χ2v) is 5.30. The van der Waals surface area contributed by atoms with Crippen LogP contribution in [0.1, 0.15) is 16.7 Å². The maximum absolute atomic E-state index is 10.8. The van der Waals surface area contributed by atoms with Crippen LogP contribution < -0.4 is 10.5 Å². The first kappa shape index (κ1) is 15.9. The Kier molecular flexibility index (Phi) is 4.68. The zero-order chi connectivity index (χ0) is 16.3. The molecule has 2 rings (SSSR count). The lowest BCUT2D eigenvalue weighted by atomic mass is 10.0. The number of carboxylic acid groups (broad SMARTS) is 1. The number of hydrogen-bond donors (Lipinski definition) is 3. The molecule has 0 amide bonds. The molecule has 5 heteroatoms. The van der Waals surface area contributed by atoms with Gasteiger partial charge in [-0.3, -0.25) is 4.79 Å². The molecule has 0 aliphatic carbocycles. The minimum Gasteiger partial charge on any atom is -0.508 e. The second-order valence-electron chi connectivity index (χ2n) is 5.30. The summed E-state index contributed by atoms with van der Waals surface area (Å²) in [6.07, 6.45) is 0.273. The SMILES string of the molecule is Cc1cc(Oc2ccc(C[C@@H](N)C(=O)O)cc2C)ccc1O. The molecule has 0 heterocycles. The first-order chi connectivity index (χ1) is 10.4. The van der Waals surface area contributed by atoms with Crippen molar-refractivity contribution in [3.8, 4) is 17.2 Å². The largest absolute Gasteiger partial charge is 0.508 e. The predicted molar refractivity (Wildman–Crippen MR) is 83.4 cm³/mol. The summed E-state index contributed by atoms with van der Waals surface area (Å²) in [5, 5.41) is 18.4. The van der Waals surface area contributed by atoms with Crippen LogP contribution in [0.25, 0.3) is 0 Å². The van der Waals surface area contributed by atoms with Gasteiger partial charge in [0.25, 0.3) is 0 Å². The van der Waals surface area contributed by atoms with Gasteiger partial charge in [0.1, 0.15) is 23.3 Å². The van der Waals surface area contributed by atoms with E-state index in [9.17, 15) is 9.90 Å². The van der Waals surface area contributed by atoms with E-state index in [1.54, 1.807) is 37.3 Å². The lowest BCUT2D eigenvalue weighted by Gasteiger charge is -2.12. The van der Waals surface area contributed by atoms with Crippen LogP contribution in [0.2, 0.25) is 0 Å². The van der Waals surface area contributed by atoms with Crippen LogP contribution >= 0.6 is 0 Å². The molecule has 0 aromatic heterocycles. The molecule has 2 aromatic carbocycles. The third kappa shape index (κ3) is 3.77. The van der Waals surface area contributed by atoms with Crippen molar-refractivity contribution in [2.75, 3.05) is 0 Å². The zero-order valence-corrected chi connectivity index (χ0v) is 12.5. The first-order valence-electron chi connectivity index (χ1n) is 6.92. The summed E-state index contributed by atoms with van der Waals surface area (Å²) in [7, 11) is 0. The Morgan fingerprint density at radius 3 is 2.50 bits per heavy atom. The van der Waals surface area contributed by atoms with E-state index >= 15 is 0 Å². The van der Waals surface area contributed by atoms with Gasteiger partial charge in [0.15, 0.2) is 0 Å². The van der Waals surface area contributed by atoms with E-state index in [2.05, 4.69) is 0 Å². The van der Waals surface area contributed by atoms with Crippen LogP contribution in [-0.4, -0.2) is 22.2 Å². The lowest BCUT2D eigenvalue weighted by molar-refractivity contribution is -0.138. The van der Waals surface area contributed by atoms with Crippen molar-refractivity contribution in [1.82, 2.24) is 0 Å². The average Bonchev–Trinajstić information content (AvgIpc) is 2.45. The van der Waals surface area contributed by atoms with E-state index in [1.807, 2.05) is 13.0 Å². The number of carboxylic acids is 1. The van der Waals surface area contributed by atoms with Gasteiger partial charge in [-0.25, -0.2) is 0 Å². The number of phenols is 1. The summed E-state index contributed by atoms with van der Waals surface area (Å²) in [6.45, 7) is 3.68. The average molecular weight is 301 g/mol. The van der Waals surface area contributed by atoms with E-state index < -0.39 is 12.0 Å². The molecule has 2 aromatic rings. The van der Waals surface area contributed by atoms with Gasteiger partial charge in [0, 0.05) is 0 Å². The third-order valence-electron chi connectivity index (χ3n) is 3.41. The van der Waals surface area contributed by atoms with E-state index in [-0.39, 0.29) is 12.2 Å². The predicted octanol–water partition coefficient (Wildman–Crippen LogP) is 2.76. The number of carbonyl (C=O) groups is 1. The van der Waals surface area contributed by atoms with Gasteiger partial charge in [-0.1, -0.05) is 12.1 Å². The Bertz CT molecular complexity index is 697. The van der Waals surface area contributed by atoms with Crippen molar-refractivity contribution in [3.05, 3.63) is 53.1 Å².